The standard InChI is InChI=1S/C10H15N3O/c1-2-8-11-9(7-10(14)12-8)13-5-3-4-6-13/h7H,2-6H2,1H3,(H,11,12,14). The molecule has 0 bridgehead atoms. The topological polar surface area (TPSA) is 49.0 Å². The van der Waals surface area contributed by atoms with Crippen molar-refractivity contribution in [3.63, 3.8) is 0 Å². The van der Waals surface area contributed by atoms with Crippen LogP contribution in [0.25, 0.3) is 0 Å². The van der Waals surface area contributed by atoms with Crippen LogP contribution in [0.2, 0.25) is 0 Å². The number of hydrogen-bond donors (Lipinski definition) is 1. The maximum Gasteiger partial charge on any atom is 0.252 e. The molecule has 0 saturated carbocycles. The van der Waals surface area contributed by atoms with Gasteiger partial charge in [-0.05, 0) is 12.8 Å². The Morgan fingerprint density at radius 1 is 1.50 bits per heavy atom. The summed E-state index contributed by atoms with van der Waals surface area (Å²) < 4.78 is 0. The molecule has 0 radical (unpaired) electrons. The van der Waals surface area contributed by atoms with Crippen molar-refractivity contribution in [2.75, 3.05) is 18.0 Å². The van der Waals surface area contributed by atoms with Gasteiger partial charge in [-0.15, -0.1) is 0 Å². The van der Waals surface area contributed by atoms with Crippen molar-refractivity contribution in [1.82, 2.24) is 9.97 Å². The number of aromatic amines is 1. The number of nitrogens with one attached hydrogen (secondary N) is 1. The summed E-state index contributed by atoms with van der Waals surface area (Å²) in [5, 5.41) is 0. The molecular formula is C10H15N3O. The van der Waals surface area contributed by atoms with Gasteiger partial charge < -0.3 is 9.88 Å². The fourth-order valence-corrected chi connectivity index (χ4v) is 1.77. The summed E-state index contributed by atoms with van der Waals surface area (Å²) in [7, 11) is 0. The molecule has 2 rings (SSSR count). The first-order valence-electron chi connectivity index (χ1n) is 5.15. The summed E-state index contributed by atoms with van der Waals surface area (Å²) in [6.45, 7) is 4.05. The molecule has 0 aromatic carbocycles. The van der Waals surface area contributed by atoms with E-state index in [-0.39, 0.29) is 5.56 Å². The summed E-state index contributed by atoms with van der Waals surface area (Å²) in [5.74, 6) is 1.61. The van der Waals surface area contributed by atoms with Crippen molar-refractivity contribution in [3.05, 3.63) is 22.2 Å². The Balaban J connectivity index is 2.32. The molecule has 1 saturated heterocycles. The number of rotatable bonds is 2. The van der Waals surface area contributed by atoms with E-state index in [9.17, 15) is 4.79 Å². The molecule has 1 N–H and O–H groups in total. The summed E-state index contributed by atoms with van der Waals surface area (Å²) in [4.78, 5) is 20.6. The van der Waals surface area contributed by atoms with Crippen molar-refractivity contribution >= 4 is 5.82 Å². The molecule has 1 aromatic heterocycles. The number of H-pyrrole nitrogens is 1. The van der Waals surface area contributed by atoms with Gasteiger partial charge in [0, 0.05) is 25.6 Å². The summed E-state index contributed by atoms with van der Waals surface area (Å²) >= 11 is 0. The molecule has 2 heterocycles. The third-order valence-corrected chi connectivity index (χ3v) is 2.54. The predicted molar refractivity (Wildman–Crippen MR) is 55.7 cm³/mol. The van der Waals surface area contributed by atoms with Crippen LogP contribution in [0.1, 0.15) is 25.6 Å². The van der Waals surface area contributed by atoms with E-state index < -0.39 is 0 Å². The Labute approximate surface area is 83.0 Å². The zero-order valence-electron chi connectivity index (χ0n) is 8.42. The molecule has 1 fully saturated rings. The Kier molecular flexibility index (Phi) is 2.52. The van der Waals surface area contributed by atoms with Crippen molar-refractivity contribution in [2.24, 2.45) is 0 Å². The lowest BCUT2D eigenvalue weighted by Crippen LogP contribution is -2.22. The van der Waals surface area contributed by atoms with Crippen LogP contribution < -0.4 is 10.5 Å². The van der Waals surface area contributed by atoms with Crippen molar-refractivity contribution in [2.45, 2.75) is 26.2 Å². The molecule has 0 aliphatic carbocycles. The van der Waals surface area contributed by atoms with E-state index >= 15 is 0 Å². The molecular weight excluding hydrogens is 178 g/mol. The van der Waals surface area contributed by atoms with E-state index in [1.807, 2.05) is 6.92 Å². The maximum absolute atomic E-state index is 11.3. The van der Waals surface area contributed by atoms with Gasteiger partial charge in [0.05, 0.1) is 0 Å². The van der Waals surface area contributed by atoms with Gasteiger partial charge in [0.1, 0.15) is 11.6 Å². The molecule has 4 heteroatoms. The van der Waals surface area contributed by atoms with E-state index in [0.717, 1.165) is 31.2 Å². The van der Waals surface area contributed by atoms with Gasteiger partial charge >= 0.3 is 0 Å². The monoisotopic (exact) mass is 193 g/mol. The quantitative estimate of drug-likeness (QED) is 0.760. The van der Waals surface area contributed by atoms with E-state index in [1.54, 1.807) is 6.07 Å². The van der Waals surface area contributed by atoms with E-state index in [0.29, 0.717) is 0 Å². The average molecular weight is 193 g/mol. The molecule has 14 heavy (non-hydrogen) atoms. The maximum atomic E-state index is 11.3. The number of anilines is 1. The van der Waals surface area contributed by atoms with Crippen LogP contribution in [-0.2, 0) is 6.42 Å². The van der Waals surface area contributed by atoms with Crippen molar-refractivity contribution < 1.29 is 0 Å². The molecule has 1 aromatic rings. The normalized spacial score (nSPS) is 16.2. The van der Waals surface area contributed by atoms with Gasteiger partial charge in [0.15, 0.2) is 0 Å². The lowest BCUT2D eigenvalue weighted by Gasteiger charge is -2.16. The van der Waals surface area contributed by atoms with Crippen molar-refractivity contribution in [3.8, 4) is 0 Å². The SMILES string of the molecule is CCc1nc(N2CCCC2)cc(=O)[nH]1. The van der Waals surface area contributed by atoms with Gasteiger partial charge in [-0.3, -0.25) is 4.79 Å². The van der Waals surface area contributed by atoms with Crippen LogP contribution in [0, 0.1) is 0 Å². The van der Waals surface area contributed by atoms with E-state index in [4.69, 9.17) is 0 Å². The fraction of sp³-hybridized carbons (Fsp3) is 0.600. The van der Waals surface area contributed by atoms with Crippen molar-refractivity contribution in [1.29, 1.82) is 0 Å². The fourth-order valence-electron chi connectivity index (χ4n) is 1.77. The van der Waals surface area contributed by atoms with E-state index in [2.05, 4.69) is 14.9 Å². The highest BCUT2D eigenvalue weighted by atomic mass is 16.1. The predicted octanol–water partition coefficient (Wildman–Crippen LogP) is 0.932. The Morgan fingerprint density at radius 2 is 2.21 bits per heavy atom. The summed E-state index contributed by atoms with van der Waals surface area (Å²) in [6, 6.07) is 1.59. The molecule has 0 unspecified atom stereocenters. The van der Waals surface area contributed by atoms with Crippen LogP contribution in [0.4, 0.5) is 5.82 Å². The number of aryl methyl sites for hydroxylation is 1. The average Bonchev–Trinajstić information content (AvgIpc) is 2.69. The van der Waals surface area contributed by atoms with Crippen LogP contribution in [0.3, 0.4) is 0 Å². The largest absolute Gasteiger partial charge is 0.356 e. The van der Waals surface area contributed by atoms with Crippen LogP contribution in [-0.4, -0.2) is 23.1 Å². The first kappa shape index (κ1) is 9.24. The highest BCUT2D eigenvalue weighted by molar-refractivity contribution is 5.38. The van der Waals surface area contributed by atoms with E-state index in [1.165, 1.54) is 12.8 Å². The third-order valence-electron chi connectivity index (χ3n) is 2.54. The lowest BCUT2D eigenvalue weighted by atomic mass is 10.4. The smallest absolute Gasteiger partial charge is 0.252 e. The Morgan fingerprint density at radius 3 is 2.86 bits per heavy atom. The summed E-state index contributed by atoms with van der Waals surface area (Å²) in [5.41, 5.74) is -0.0428. The second kappa shape index (κ2) is 3.82. The highest BCUT2D eigenvalue weighted by Gasteiger charge is 2.14. The van der Waals surface area contributed by atoms with Crippen LogP contribution in [0.5, 0.6) is 0 Å². The van der Waals surface area contributed by atoms with Crippen LogP contribution >= 0.6 is 0 Å². The second-order valence-corrected chi connectivity index (χ2v) is 3.60. The zero-order chi connectivity index (χ0) is 9.97. The molecule has 76 valence electrons. The summed E-state index contributed by atoms with van der Waals surface area (Å²) in [6.07, 6.45) is 3.18. The van der Waals surface area contributed by atoms with Gasteiger partial charge in [0.2, 0.25) is 0 Å². The molecule has 0 atom stereocenters. The number of nitrogens with zero attached hydrogens (tertiary/aromatic N) is 2. The number of aromatic nitrogens is 2. The zero-order valence-corrected chi connectivity index (χ0v) is 8.42. The van der Waals surface area contributed by atoms with Gasteiger partial charge in [-0.2, -0.15) is 0 Å². The van der Waals surface area contributed by atoms with Gasteiger partial charge in [-0.1, -0.05) is 6.92 Å². The highest BCUT2D eigenvalue weighted by Crippen LogP contribution is 2.15. The minimum absolute atomic E-state index is 0.0428. The molecule has 0 spiro atoms. The van der Waals surface area contributed by atoms with Gasteiger partial charge in [0.25, 0.3) is 5.56 Å². The second-order valence-electron chi connectivity index (χ2n) is 3.60. The van der Waals surface area contributed by atoms with Gasteiger partial charge in [-0.25, -0.2) is 4.98 Å². The number of hydrogen-bond acceptors (Lipinski definition) is 3. The molecule has 4 nitrogen and oxygen atoms in total. The Hall–Kier alpha value is -1.32. The Bertz CT molecular complexity index is 366. The first-order valence-corrected chi connectivity index (χ1v) is 5.15. The minimum Gasteiger partial charge on any atom is -0.356 e. The first-order chi connectivity index (χ1) is 6.79. The molecule has 1 aliphatic rings. The molecule has 1 aliphatic heterocycles. The lowest BCUT2D eigenvalue weighted by molar-refractivity contribution is 0.867. The molecule has 0 amide bonds. The minimum atomic E-state index is -0.0428. The van der Waals surface area contributed by atoms with Crippen LogP contribution in [0.15, 0.2) is 10.9 Å². The third kappa shape index (κ3) is 1.78.